The summed E-state index contributed by atoms with van der Waals surface area (Å²) in [6.45, 7) is 0.943. The summed E-state index contributed by atoms with van der Waals surface area (Å²) in [6.07, 6.45) is 0. The van der Waals surface area contributed by atoms with E-state index in [4.69, 9.17) is 15.5 Å². The third-order valence-corrected chi connectivity index (χ3v) is 2.20. The lowest BCUT2D eigenvalue weighted by molar-refractivity contribution is -0.120. The molecule has 0 aliphatic carbocycles. The summed E-state index contributed by atoms with van der Waals surface area (Å²) in [5.74, 6) is -1.75. The Labute approximate surface area is 63.9 Å². The topological polar surface area (TPSA) is 113 Å². The monoisotopic (exact) mass is 182 g/mol. The van der Waals surface area contributed by atoms with Gasteiger partial charge in [0.2, 0.25) is 5.91 Å². The van der Waals surface area contributed by atoms with E-state index in [-0.39, 0.29) is 6.54 Å². The molecule has 0 radical (unpaired) electrons. The van der Waals surface area contributed by atoms with Crippen LogP contribution in [0.25, 0.3) is 0 Å². The van der Waals surface area contributed by atoms with Gasteiger partial charge in [0.15, 0.2) is 0 Å². The van der Waals surface area contributed by atoms with E-state index in [0.29, 0.717) is 0 Å². The minimum Gasteiger partial charge on any atom is -0.341 e. The van der Waals surface area contributed by atoms with Crippen LogP contribution in [0.4, 0.5) is 0 Å². The molecule has 0 rings (SSSR count). The lowest BCUT2D eigenvalue weighted by Crippen LogP contribution is -2.36. The van der Waals surface area contributed by atoms with Gasteiger partial charge in [-0.2, -0.15) is 0 Å². The van der Waals surface area contributed by atoms with Crippen LogP contribution in [0, 0.1) is 0 Å². The Balaban J connectivity index is 3.98. The molecule has 0 saturated heterocycles. The lowest BCUT2D eigenvalue weighted by Gasteiger charge is -2.13. The van der Waals surface area contributed by atoms with Crippen molar-refractivity contribution in [3.63, 3.8) is 0 Å². The first-order chi connectivity index (χ1) is 4.88. The first-order valence-corrected chi connectivity index (χ1v) is 4.60. The van der Waals surface area contributed by atoms with Gasteiger partial charge in [0.05, 0.1) is 6.54 Å². The summed E-state index contributed by atoms with van der Waals surface area (Å²) in [4.78, 5) is 27.5. The van der Waals surface area contributed by atoms with E-state index < -0.39 is 19.3 Å². The van der Waals surface area contributed by atoms with Gasteiger partial charge < -0.3 is 20.8 Å². The fourth-order valence-electron chi connectivity index (χ4n) is 0.376. The van der Waals surface area contributed by atoms with Crippen LogP contribution < -0.4 is 11.1 Å². The highest BCUT2D eigenvalue weighted by atomic mass is 31.2. The SMILES string of the molecule is C[C@@H](NC(=O)CN)P(=O)(O)O. The Bertz CT molecular complexity index is 189. The molecule has 0 spiro atoms. The summed E-state index contributed by atoms with van der Waals surface area (Å²) in [5, 5.41) is 2.04. The summed E-state index contributed by atoms with van der Waals surface area (Å²) < 4.78 is 10.4. The highest BCUT2D eigenvalue weighted by molar-refractivity contribution is 7.52. The maximum atomic E-state index is 10.5. The predicted molar refractivity (Wildman–Crippen MR) is 38.7 cm³/mol. The van der Waals surface area contributed by atoms with Crippen LogP contribution in [0.3, 0.4) is 0 Å². The van der Waals surface area contributed by atoms with E-state index in [0.717, 1.165) is 0 Å². The number of hydrogen-bond donors (Lipinski definition) is 4. The Morgan fingerprint density at radius 1 is 1.73 bits per heavy atom. The molecule has 0 aromatic rings. The zero-order valence-corrected chi connectivity index (χ0v) is 6.91. The second kappa shape index (κ2) is 3.82. The van der Waals surface area contributed by atoms with Crippen molar-refractivity contribution in [1.82, 2.24) is 5.32 Å². The van der Waals surface area contributed by atoms with Gasteiger partial charge in [0.25, 0.3) is 0 Å². The highest BCUT2D eigenvalue weighted by Gasteiger charge is 2.24. The molecule has 0 bridgehead atoms. The van der Waals surface area contributed by atoms with Crippen LogP contribution in [-0.2, 0) is 9.36 Å². The van der Waals surface area contributed by atoms with Crippen LogP contribution in [0.2, 0.25) is 0 Å². The van der Waals surface area contributed by atoms with Crippen molar-refractivity contribution in [3.8, 4) is 0 Å². The highest BCUT2D eigenvalue weighted by Crippen LogP contribution is 2.38. The van der Waals surface area contributed by atoms with Gasteiger partial charge in [0, 0.05) is 0 Å². The van der Waals surface area contributed by atoms with Gasteiger partial charge >= 0.3 is 7.60 Å². The molecule has 11 heavy (non-hydrogen) atoms. The van der Waals surface area contributed by atoms with Gasteiger partial charge in [-0.1, -0.05) is 0 Å². The second-order valence-corrected chi connectivity index (χ2v) is 3.99. The zero-order chi connectivity index (χ0) is 9.07. The van der Waals surface area contributed by atoms with E-state index in [2.05, 4.69) is 0 Å². The normalized spacial score (nSPS) is 14.2. The second-order valence-electron chi connectivity index (χ2n) is 2.04. The molecule has 0 aromatic carbocycles. The van der Waals surface area contributed by atoms with Crippen molar-refractivity contribution < 1.29 is 19.1 Å². The quantitative estimate of drug-likeness (QED) is 0.400. The van der Waals surface area contributed by atoms with Crippen LogP contribution in [-0.4, -0.2) is 28.0 Å². The Morgan fingerprint density at radius 3 is 2.45 bits per heavy atom. The summed E-state index contributed by atoms with van der Waals surface area (Å²) in [7, 11) is -4.21. The predicted octanol–water partition coefficient (Wildman–Crippen LogP) is -1.42. The van der Waals surface area contributed by atoms with E-state index >= 15 is 0 Å². The third kappa shape index (κ3) is 4.10. The average molecular weight is 182 g/mol. The molecule has 5 N–H and O–H groups in total. The molecular weight excluding hydrogens is 171 g/mol. The maximum absolute atomic E-state index is 10.5. The van der Waals surface area contributed by atoms with Gasteiger partial charge in [-0.3, -0.25) is 9.36 Å². The van der Waals surface area contributed by atoms with Gasteiger partial charge in [-0.15, -0.1) is 0 Å². The fourth-order valence-corrected chi connectivity index (χ4v) is 0.688. The van der Waals surface area contributed by atoms with Crippen molar-refractivity contribution in [2.45, 2.75) is 12.7 Å². The van der Waals surface area contributed by atoms with E-state index in [1.807, 2.05) is 5.32 Å². The van der Waals surface area contributed by atoms with Gasteiger partial charge in [0.1, 0.15) is 5.78 Å². The Kier molecular flexibility index (Phi) is 3.68. The molecule has 0 aromatic heterocycles. The third-order valence-electron chi connectivity index (χ3n) is 1.06. The van der Waals surface area contributed by atoms with Crippen molar-refractivity contribution in [3.05, 3.63) is 0 Å². The van der Waals surface area contributed by atoms with Crippen molar-refractivity contribution in [2.75, 3.05) is 6.54 Å². The largest absolute Gasteiger partial charge is 0.347 e. The van der Waals surface area contributed by atoms with Crippen LogP contribution in [0.5, 0.6) is 0 Å². The molecule has 7 heteroatoms. The number of hydrogen-bond acceptors (Lipinski definition) is 3. The molecule has 0 heterocycles. The number of carbonyl (C=O) groups excluding carboxylic acids is 1. The number of amides is 1. The first kappa shape index (κ1) is 10.6. The summed E-state index contributed by atoms with van der Waals surface area (Å²) in [6, 6.07) is 0. The molecule has 6 nitrogen and oxygen atoms in total. The molecular formula is C4H11N2O4P. The van der Waals surface area contributed by atoms with E-state index in [1.165, 1.54) is 6.92 Å². The van der Waals surface area contributed by atoms with Gasteiger partial charge in [-0.25, -0.2) is 0 Å². The maximum Gasteiger partial charge on any atom is 0.347 e. The average Bonchev–Trinajstić information content (AvgIpc) is 1.85. The van der Waals surface area contributed by atoms with Crippen LogP contribution in [0.15, 0.2) is 0 Å². The number of nitrogens with two attached hydrogens (primary N) is 1. The molecule has 0 aliphatic rings. The number of rotatable bonds is 3. The minimum atomic E-state index is -4.21. The molecule has 0 saturated carbocycles. The smallest absolute Gasteiger partial charge is 0.341 e. The zero-order valence-electron chi connectivity index (χ0n) is 6.02. The first-order valence-electron chi connectivity index (χ1n) is 2.92. The van der Waals surface area contributed by atoms with E-state index in [9.17, 15) is 9.36 Å². The molecule has 66 valence electrons. The van der Waals surface area contributed by atoms with Crippen molar-refractivity contribution in [1.29, 1.82) is 0 Å². The van der Waals surface area contributed by atoms with Crippen molar-refractivity contribution in [2.24, 2.45) is 5.73 Å². The molecule has 0 fully saturated rings. The molecule has 1 atom stereocenters. The summed E-state index contributed by atoms with van der Waals surface area (Å²) in [5.41, 5.74) is 4.90. The minimum absolute atomic E-state index is 0.273. The Hall–Kier alpha value is -0.420. The Morgan fingerprint density at radius 2 is 2.18 bits per heavy atom. The van der Waals surface area contributed by atoms with Crippen LogP contribution >= 0.6 is 7.60 Å². The lowest BCUT2D eigenvalue weighted by atomic mass is 10.6. The fraction of sp³-hybridized carbons (Fsp3) is 0.750. The van der Waals surface area contributed by atoms with E-state index in [1.54, 1.807) is 0 Å². The molecule has 0 aliphatic heterocycles. The summed E-state index contributed by atoms with van der Waals surface area (Å²) >= 11 is 0. The number of nitrogens with one attached hydrogen (secondary N) is 1. The van der Waals surface area contributed by atoms with Gasteiger partial charge in [-0.05, 0) is 6.92 Å². The molecule has 0 unspecified atom stereocenters. The van der Waals surface area contributed by atoms with Crippen LogP contribution in [0.1, 0.15) is 6.92 Å². The molecule has 1 amide bonds. The number of carbonyl (C=O) groups is 1. The standard InChI is InChI=1S/C4H11N2O4P/c1-3(11(8,9)10)6-4(7)2-5/h3H,2,5H2,1H3,(H,6,7)(H2,8,9,10)/t3-/m0/s1. The van der Waals surface area contributed by atoms with Crippen molar-refractivity contribution >= 4 is 13.5 Å².